The number of carbonyl (C=O) groups is 2. The molecule has 0 aliphatic rings. The molecule has 0 heterocycles. The van der Waals surface area contributed by atoms with Crippen molar-refractivity contribution >= 4 is 12.1 Å². The van der Waals surface area contributed by atoms with Crippen LogP contribution in [0.15, 0.2) is 54.6 Å². The summed E-state index contributed by atoms with van der Waals surface area (Å²) in [5.74, 6) is 0.0446. The van der Waals surface area contributed by atoms with Crippen LogP contribution < -0.4 is 0 Å². The Morgan fingerprint density at radius 1 is 1.05 bits per heavy atom. The van der Waals surface area contributed by atoms with Gasteiger partial charge in [0.1, 0.15) is 6.29 Å². The highest BCUT2D eigenvalue weighted by atomic mass is 16.1. The third-order valence-electron chi connectivity index (χ3n) is 3.46. The normalized spacial score (nSPS) is 11.8. The van der Waals surface area contributed by atoms with Gasteiger partial charge in [-0.2, -0.15) is 0 Å². The summed E-state index contributed by atoms with van der Waals surface area (Å²) in [7, 11) is 0. The van der Waals surface area contributed by atoms with Crippen molar-refractivity contribution in [2.24, 2.45) is 0 Å². The average Bonchev–Trinajstić information content (AvgIpc) is 2.48. The van der Waals surface area contributed by atoms with E-state index in [-0.39, 0.29) is 11.7 Å². The van der Waals surface area contributed by atoms with Crippen molar-refractivity contribution in [3.05, 3.63) is 71.3 Å². The molecule has 2 aromatic rings. The smallest absolute Gasteiger partial charge is 0.163 e. The molecule has 0 spiro atoms. The Morgan fingerprint density at radius 3 is 2.30 bits per heavy atom. The van der Waals surface area contributed by atoms with E-state index in [1.165, 1.54) is 0 Å². The van der Waals surface area contributed by atoms with Crippen molar-refractivity contribution in [3.8, 4) is 0 Å². The Balaban J connectivity index is 2.14. The van der Waals surface area contributed by atoms with E-state index in [2.05, 4.69) is 0 Å². The number of benzene rings is 2. The molecule has 20 heavy (non-hydrogen) atoms. The molecule has 0 saturated carbocycles. The highest BCUT2D eigenvalue weighted by Gasteiger charge is 2.16. The van der Waals surface area contributed by atoms with Crippen molar-refractivity contribution in [1.82, 2.24) is 0 Å². The van der Waals surface area contributed by atoms with E-state index in [0.29, 0.717) is 18.4 Å². The predicted molar refractivity (Wildman–Crippen MR) is 80.0 cm³/mol. The van der Waals surface area contributed by atoms with Crippen molar-refractivity contribution in [2.45, 2.75) is 25.7 Å². The van der Waals surface area contributed by atoms with Crippen molar-refractivity contribution in [3.63, 3.8) is 0 Å². The first kappa shape index (κ1) is 14.2. The summed E-state index contributed by atoms with van der Waals surface area (Å²) in [6.07, 6.45) is 1.63. The zero-order valence-electron chi connectivity index (χ0n) is 11.6. The second-order valence-electron chi connectivity index (χ2n) is 5.00. The zero-order chi connectivity index (χ0) is 14.4. The number of hydrogen-bond acceptors (Lipinski definition) is 2. The van der Waals surface area contributed by atoms with Crippen molar-refractivity contribution < 1.29 is 9.59 Å². The molecule has 0 amide bonds. The molecule has 1 unspecified atom stereocenters. The minimum atomic E-state index is -0.0393. The number of ketones is 1. The zero-order valence-corrected chi connectivity index (χ0v) is 11.6. The van der Waals surface area contributed by atoms with Gasteiger partial charge in [-0.05, 0) is 18.4 Å². The summed E-state index contributed by atoms with van der Waals surface area (Å²) in [5, 5.41) is 0. The van der Waals surface area contributed by atoms with E-state index in [1.807, 2.05) is 61.5 Å². The van der Waals surface area contributed by atoms with E-state index < -0.39 is 0 Å². The molecule has 2 nitrogen and oxygen atoms in total. The third-order valence-corrected chi connectivity index (χ3v) is 3.46. The van der Waals surface area contributed by atoms with Gasteiger partial charge in [-0.15, -0.1) is 0 Å². The van der Waals surface area contributed by atoms with Crippen LogP contribution in [0.3, 0.4) is 0 Å². The molecule has 0 bridgehead atoms. The van der Waals surface area contributed by atoms with Gasteiger partial charge >= 0.3 is 0 Å². The molecular weight excluding hydrogens is 248 g/mol. The summed E-state index contributed by atoms with van der Waals surface area (Å²) in [6, 6.07) is 17.3. The quantitative estimate of drug-likeness (QED) is 0.586. The molecule has 102 valence electrons. The molecule has 0 aliphatic carbocycles. The molecule has 0 aromatic heterocycles. The second kappa shape index (κ2) is 6.80. The van der Waals surface area contributed by atoms with Crippen LogP contribution in [0.25, 0.3) is 0 Å². The number of aldehydes is 1. The lowest BCUT2D eigenvalue weighted by Crippen LogP contribution is -2.08. The molecule has 0 radical (unpaired) electrons. The lowest BCUT2D eigenvalue weighted by molar-refractivity contribution is -0.108. The summed E-state index contributed by atoms with van der Waals surface area (Å²) < 4.78 is 0. The van der Waals surface area contributed by atoms with Gasteiger partial charge in [0.05, 0.1) is 0 Å². The number of hydrogen-bond donors (Lipinski definition) is 0. The van der Waals surface area contributed by atoms with Gasteiger partial charge in [-0.3, -0.25) is 4.79 Å². The summed E-state index contributed by atoms with van der Waals surface area (Å²) in [5.41, 5.74) is 2.89. The van der Waals surface area contributed by atoms with Gasteiger partial charge in [-0.25, -0.2) is 0 Å². The van der Waals surface area contributed by atoms with Gasteiger partial charge < -0.3 is 4.79 Å². The lowest BCUT2D eigenvalue weighted by atomic mass is 9.89. The van der Waals surface area contributed by atoms with Crippen LogP contribution in [0.4, 0.5) is 0 Å². The Morgan fingerprint density at radius 2 is 1.70 bits per heavy atom. The van der Waals surface area contributed by atoms with Crippen LogP contribution in [0.5, 0.6) is 0 Å². The number of rotatable bonds is 6. The molecule has 0 saturated heterocycles. The van der Waals surface area contributed by atoms with E-state index >= 15 is 0 Å². The minimum Gasteiger partial charge on any atom is -0.303 e. The maximum absolute atomic E-state index is 12.3. The summed E-state index contributed by atoms with van der Waals surface area (Å²) in [6.45, 7) is 1.99. The predicted octanol–water partition coefficient (Wildman–Crippen LogP) is 3.94. The van der Waals surface area contributed by atoms with Gasteiger partial charge in [0, 0.05) is 18.4 Å². The van der Waals surface area contributed by atoms with Crippen LogP contribution in [-0.2, 0) is 4.79 Å². The Kier molecular flexibility index (Phi) is 4.83. The van der Waals surface area contributed by atoms with Crippen LogP contribution in [0, 0.1) is 6.92 Å². The fraction of sp³-hybridized carbons (Fsp3) is 0.222. The molecule has 2 rings (SSSR count). The standard InChI is InChI=1S/C18H18O2/c1-14-7-9-16(10-8-14)18(20)13-17(11-12-19)15-5-3-2-4-6-15/h2-10,12,17H,11,13H2,1H3. The number of Topliss-reactive ketones (excluding diaryl/α,β-unsaturated/α-hetero) is 1. The molecule has 2 aromatic carbocycles. The molecule has 0 aliphatic heterocycles. The van der Waals surface area contributed by atoms with Crippen LogP contribution >= 0.6 is 0 Å². The largest absolute Gasteiger partial charge is 0.303 e. The molecule has 0 fully saturated rings. The minimum absolute atomic E-state index is 0.0393. The Bertz CT molecular complexity index is 570. The first-order valence-corrected chi connectivity index (χ1v) is 6.79. The van der Waals surface area contributed by atoms with Crippen LogP contribution in [0.1, 0.15) is 40.2 Å². The van der Waals surface area contributed by atoms with E-state index in [0.717, 1.165) is 17.4 Å². The maximum Gasteiger partial charge on any atom is 0.163 e. The third kappa shape index (κ3) is 3.64. The van der Waals surface area contributed by atoms with Crippen LogP contribution in [-0.4, -0.2) is 12.1 Å². The second-order valence-corrected chi connectivity index (χ2v) is 5.00. The molecule has 1 atom stereocenters. The first-order valence-electron chi connectivity index (χ1n) is 6.79. The fourth-order valence-electron chi connectivity index (χ4n) is 2.26. The SMILES string of the molecule is Cc1ccc(C(=O)CC(CC=O)c2ccccc2)cc1. The highest BCUT2D eigenvalue weighted by Crippen LogP contribution is 2.24. The van der Waals surface area contributed by atoms with Gasteiger partial charge in [0.25, 0.3) is 0 Å². The molecular formula is C18H18O2. The maximum atomic E-state index is 12.3. The topological polar surface area (TPSA) is 34.1 Å². The Labute approximate surface area is 119 Å². The van der Waals surface area contributed by atoms with E-state index in [9.17, 15) is 9.59 Å². The Hall–Kier alpha value is -2.22. The van der Waals surface area contributed by atoms with Crippen molar-refractivity contribution in [2.75, 3.05) is 0 Å². The van der Waals surface area contributed by atoms with Gasteiger partial charge in [0.2, 0.25) is 0 Å². The van der Waals surface area contributed by atoms with Gasteiger partial charge in [-0.1, -0.05) is 60.2 Å². The average molecular weight is 266 g/mol. The van der Waals surface area contributed by atoms with E-state index in [4.69, 9.17) is 0 Å². The molecule has 2 heteroatoms. The number of aryl methyl sites for hydroxylation is 1. The molecule has 0 N–H and O–H groups in total. The van der Waals surface area contributed by atoms with Crippen molar-refractivity contribution in [1.29, 1.82) is 0 Å². The number of carbonyl (C=O) groups excluding carboxylic acids is 2. The summed E-state index contributed by atoms with van der Waals surface area (Å²) in [4.78, 5) is 23.1. The monoisotopic (exact) mass is 266 g/mol. The summed E-state index contributed by atoms with van der Waals surface area (Å²) >= 11 is 0. The van der Waals surface area contributed by atoms with Gasteiger partial charge in [0.15, 0.2) is 5.78 Å². The van der Waals surface area contributed by atoms with E-state index in [1.54, 1.807) is 0 Å². The van der Waals surface area contributed by atoms with Crippen LogP contribution in [0.2, 0.25) is 0 Å². The highest BCUT2D eigenvalue weighted by molar-refractivity contribution is 5.96. The lowest BCUT2D eigenvalue weighted by Gasteiger charge is -2.14. The first-order chi connectivity index (χ1) is 9.70. The fourth-order valence-corrected chi connectivity index (χ4v) is 2.26.